The minimum absolute atomic E-state index is 0.0235. The molecular weight excluding hydrogens is 448 g/mol. The average Bonchev–Trinajstić information content (AvgIpc) is 3.39. The summed E-state index contributed by atoms with van der Waals surface area (Å²) in [6, 6.07) is 12.6. The Morgan fingerprint density at radius 1 is 1.16 bits per heavy atom. The van der Waals surface area contributed by atoms with Gasteiger partial charge in [0.15, 0.2) is 0 Å². The number of nitrogens with zero attached hydrogens (tertiary/aromatic N) is 2. The molecule has 1 fully saturated rings. The van der Waals surface area contributed by atoms with Crippen molar-refractivity contribution in [3.63, 3.8) is 0 Å². The molecule has 1 aliphatic heterocycles. The number of sulfonamides is 1. The second-order valence-corrected chi connectivity index (χ2v) is 10.5. The number of aromatic nitrogens is 1. The van der Waals surface area contributed by atoms with Gasteiger partial charge in [-0.2, -0.15) is 4.72 Å². The quantitative estimate of drug-likeness (QED) is 0.572. The zero-order chi connectivity index (χ0) is 22.9. The zero-order valence-corrected chi connectivity index (χ0v) is 19.4. The highest BCUT2D eigenvalue weighted by Gasteiger charge is 2.35. The van der Waals surface area contributed by atoms with Crippen LogP contribution in [0.3, 0.4) is 0 Å². The lowest BCUT2D eigenvalue weighted by Crippen LogP contribution is -2.46. The van der Waals surface area contributed by atoms with Gasteiger partial charge in [0.1, 0.15) is 5.01 Å². The van der Waals surface area contributed by atoms with Crippen LogP contribution in [0.25, 0.3) is 10.2 Å². The number of carbonyl (C=O) groups is 2. The Morgan fingerprint density at radius 3 is 2.56 bits per heavy atom. The zero-order valence-electron chi connectivity index (χ0n) is 17.7. The van der Waals surface area contributed by atoms with Crippen LogP contribution in [0.1, 0.15) is 37.7 Å². The van der Waals surface area contributed by atoms with E-state index >= 15 is 0 Å². The van der Waals surface area contributed by atoms with Crippen molar-refractivity contribution >= 4 is 49.1 Å². The molecule has 168 valence electrons. The summed E-state index contributed by atoms with van der Waals surface area (Å²) in [6.07, 6.45) is 1.64. The Bertz CT molecular complexity index is 1220. The van der Waals surface area contributed by atoms with Gasteiger partial charge in [-0.15, -0.1) is 11.3 Å². The topological polar surface area (TPSA) is 108 Å². The first-order chi connectivity index (χ1) is 15.2. The largest absolute Gasteiger partial charge is 0.332 e. The monoisotopic (exact) mass is 472 g/mol. The van der Waals surface area contributed by atoms with Gasteiger partial charge in [-0.25, -0.2) is 13.4 Å². The fraction of sp³-hybridized carbons (Fsp3) is 0.318. The molecule has 1 aromatic heterocycles. The predicted octanol–water partition coefficient (Wildman–Crippen LogP) is 3.29. The van der Waals surface area contributed by atoms with Crippen LogP contribution in [-0.4, -0.2) is 42.7 Å². The number of thiazole rings is 1. The number of nitrogens with one attached hydrogen (secondary N) is 2. The Labute approximate surface area is 190 Å². The van der Waals surface area contributed by atoms with Crippen LogP contribution in [0, 0.1) is 0 Å². The summed E-state index contributed by atoms with van der Waals surface area (Å²) < 4.78 is 29.1. The molecule has 4 rings (SSSR count). The third-order valence-electron chi connectivity index (χ3n) is 5.32. The molecule has 32 heavy (non-hydrogen) atoms. The first-order valence-corrected chi connectivity index (χ1v) is 12.6. The average molecular weight is 473 g/mol. The van der Waals surface area contributed by atoms with E-state index < -0.39 is 16.1 Å². The van der Waals surface area contributed by atoms with E-state index in [0.717, 1.165) is 28.1 Å². The summed E-state index contributed by atoms with van der Waals surface area (Å²) >= 11 is 1.57. The molecule has 2 atom stereocenters. The molecule has 0 bridgehead atoms. The van der Waals surface area contributed by atoms with Crippen molar-refractivity contribution < 1.29 is 18.0 Å². The summed E-state index contributed by atoms with van der Waals surface area (Å²) in [6.45, 7) is 3.50. The number of likely N-dealkylation sites (tertiary alicyclic amines) is 1. The van der Waals surface area contributed by atoms with Crippen molar-refractivity contribution in [2.45, 2.75) is 43.7 Å². The van der Waals surface area contributed by atoms with Gasteiger partial charge >= 0.3 is 0 Å². The van der Waals surface area contributed by atoms with Crippen LogP contribution in [-0.2, 0) is 19.6 Å². The predicted molar refractivity (Wildman–Crippen MR) is 124 cm³/mol. The summed E-state index contributed by atoms with van der Waals surface area (Å²) in [5.74, 6) is -0.517. The molecule has 1 unspecified atom stereocenters. The minimum Gasteiger partial charge on any atom is -0.332 e. The van der Waals surface area contributed by atoms with Crippen molar-refractivity contribution in [1.29, 1.82) is 0 Å². The number of hydrogen-bond acceptors (Lipinski definition) is 6. The molecule has 10 heteroatoms. The molecular formula is C22H24N4O4S2. The molecule has 0 saturated carbocycles. The van der Waals surface area contributed by atoms with E-state index in [1.807, 2.05) is 24.3 Å². The van der Waals surface area contributed by atoms with Gasteiger partial charge in [-0.1, -0.05) is 12.1 Å². The van der Waals surface area contributed by atoms with Crippen LogP contribution < -0.4 is 10.0 Å². The van der Waals surface area contributed by atoms with Gasteiger partial charge in [0.2, 0.25) is 21.8 Å². The highest BCUT2D eigenvalue weighted by Crippen LogP contribution is 2.36. The molecule has 0 radical (unpaired) electrons. The number of carbonyl (C=O) groups excluding carboxylic acids is 2. The number of amides is 2. The Morgan fingerprint density at radius 2 is 1.88 bits per heavy atom. The minimum atomic E-state index is -3.91. The van der Waals surface area contributed by atoms with Gasteiger partial charge in [0.05, 0.1) is 27.2 Å². The first-order valence-electron chi connectivity index (χ1n) is 10.3. The maximum atomic E-state index is 13.2. The standard InChI is InChI=1S/C22H24N4O4S2/c1-14(25-32(29,30)17-11-9-16(10-12-17)23-15(2)27)22(28)26-13-5-7-19(26)21-24-18-6-3-4-8-20(18)31-21/h3-4,6,8-12,14,19,25H,5,7,13H2,1-2H3,(H,23,27)/t14-,19?/m0/s1. The Balaban J connectivity index is 1.48. The third kappa shape index (κ3) is 4.67. The van der Waals surface area contributed by atoms with Crippen LogP contribution in [0.2, 0.25) is 0 Å². The van der Waals surface area contributed by atoms with Crippen LogP contribution in [0.4, 0.5) is 5.69 Å². The van der Waals surface area contributed by atoms with Crippen LogP contribution in [0.15, 0.2) is 53.4 Å². The highest BCUT2D eigenvalue weighted by molar-refractivity contribution is 7.89. The van der Waals surface area contributed by atoms with Gasteiger partial charge in [0, 0.05) is 19.2 Å². The number of para-hydroxylation sites is 1. The molecule has 2 aromatic carbocycles. The number of hydrogen-bond donors (Lipinski definition) is 2. The van der Waals surface area contributed by atoms with E-state index in [-0.39, 0.29) is 22.8 Å². The summed E-state index contributed by atoms with van der Waals surface area (Å²) in [4.78, 5) is 30.7. The van der Waals surface area contributed by atoms with Crippen LogP contribution >= 0.6 is 11.3 Å². The molecule has 1 saturated heterocycles. The lowest BCUT2D eigenvalue weighted by molar-refractivity contribution is -0.133. The number of anilines is 1. The lowest BCUT2D eigenvalue weighted by atomic mass is 10.2. The smallest absolute Gasteiger partial charge is 0.241 e. The molecule has 1 aliphatic rings. The van der Waals surface area contributed by atoms with Crippen molar-refractivity contribution in [3.05, 3.63) is 53.5 Å². The van der Waals surface area contributed by atoms with E-state index in [4.69, 9.17) is 4.98 Å². The highest BCUT2D eigenvalue weighted by atomic mass is 32.2. The van der Waals surface area contributed by atoms with E-state index in [2.05, 4.69) is 10.0 Å². The number of fused-ring (bicyclic) bond motifs is 1. The van der Waals surface area contributed by atoms with E-state index in [0.29, 0.717) is 12.2 Å². The molecule has 2 heterocycles. The van der Waals surface area contributed by atoms with Crippen LogP contribution in [0.5, 0.6) is 0 Å². The fourth-order valence-corrected chi connectivity index (χ4v) is 6.15. The normalized spacial score (nSPS) is 17.4. The van der Waals surface area contributed by atoms with Gasteiger partial charge in [0.25, 0.3) is 0 Å². The van der Waals surface area contributed by atoms with Gasteiger partial charge < -0.3 is 10.2 Å². The summed E-state index contributed by atoms with van der Waals surface area (Å²) in [5.41, 5.74) is 1.40. The van der Waals surface area contributed by atoms with Crippen molar-refractivity contribution in [1.82, 2.24) is 14.6 Å². The van der Waals surface area contributed by atoms with Gasteiger partial charge in [-0.05, 0) is 56.2 Å². The second-order valence-electron chi connectivity index (χ2n) is 7.76. The van der Waals surface area contributed by atoms with E-state index in [1.165, 1.54) is 31.2 Å². The van der Waals surface area contributed by atoms with E-state index in [1.54, 1.807) is 23.2 Å². The Hall–Kier alpha value is -2.82. The third-order valence-corrected chi connectivity index (χ3v) is 8.01. The molecule has 3 aromatic rings. The lowest BCUT2D eigenvalue weighted by Gasteiger charge is -2.26. The summed E-state index contributed by atoms with van der Waals surface area (Å²) in [5, 5.41) is 3.47. The van der Waals surface area contributed by atoms with Crippen molar-refractivity contribution in [3.8, 4) is 0 Å². The summed E-state index contributed by atoms with van der Waals surface area (Å²) in [7, 11) is -3.91. The molecule has 0 aliphatic carbocycles. The molecule has 0 spiro atoms. The number of rotatable bonds is 6. The fourth-order valence-electron chi connectivity index (χ4n) is 3.84. The molecule has 2 amide bonds. The molecule has 2 N–H and O–H groups in total. The first kappa shape index (κ1) is 22.4. The SMILES string of the molecule is CC(=O)Nc1ccc(S(=O)(=O)N[C@@H](C)C(=O)N2CCCC2c2nc3ccccc3s2)cc1. The maximum absolute atomic E-state index is 13.2. The van der Waals surface area contributed by atoms with Crippen molar-refractivity contribution in [2.75, 3.05) is 11.9 Å². The second kappa shape index (κ2) is 8.97. The van der Waals surface area contributed by atoms with Gasteiger partial charge in [-0.3, -0.25) is 9.59 Å². The number of benzene rings is 2. The molecule has 8 nitrogen and oxygen atoms in total. The Kier molecular flexibility index (Phi) is 6.27. The maximum Gasteiger partial charge on any atom is 0.241 e. The van der Waals surface area contributed by atoms with Crippen molar-refractivity contribution in [2.24, 2.45) is 0 Å². The van der Waals surface area contributed by atoms with E-state index in [9.17, 15) is 18.0 Å².